The summed E-state index contributed by atoms with van der Waals surface area (Å²) in [5, 5.41) is 4.06. The Kier molecular flexibility index (Phi) is 3.85. The second-order valence-corrected chi connectivity index (χ2v) is 8.24. The van der Waals surface area contributed by atoms with Crippen molar-refractivity contribution in [3.8, 4) is 11.6 Å². The summed E-state index contributed by atoms with van der Waals surface area (Å²) in [4.78, 5) is 26.6. The van der Waals surface area contributed by atoms with Gasteiger partial charge >= 0.3 is 0 Å². The van der Waals surface area contributed by atoms with Gasteiger partial charge in [0.2, 0.25) is 5.82 Å². The fourth-order valence-electron chi connectivity index (χ4n) is 4.71. The van der Waals surface area contributed by atoms with Crippen LogP contribution in [0.3, 0.4) is 0 Å². The Hall–Kier alpha value is -3.46. The topological polar surface area (TPSA) is 97.2 Å². The smallest absolute Gasteiger partial charge is 0.255 e. The number of aromatic nitrogens is 2. The lowest BCUT2D eigenvalue weighted by atomic mass is 9.98. The van der Waals surface area contributed by atoms with E-state index in [4.69, 9.17) is 13.7 Å². The minimum absolute atomic E-state index is 0.0977. The molecule has 0 spiro atoms. The third-order valence-corrected chi connectivity index (χ3v) is 6.26. The fraction of sp³-hybridized carbons (Fsp3) is 0.364. The van der Waals surface area contributed by atoms with Crippen molar-refractivity contribution in [2.45, 2.75) is 44.5 Å². The number of carbonyl (C=O) groups excluding carboxylic acids is 1. The number of ether oxygens (including phenoxy) is 1. The van der Waals surface area contributed by atoms with E-state index in [0.717, 1.165) is 29.8 Å². The molecule has 0 aliphatic carbocycles. The van der Waals surface area contributed by atoms with Crippen molar-refractivity contribution in [1.82, 2.24) is 10.1 Å². The summed E-state index contributed by atoms with van der Waals surface area (Å²) < 4.78 is 17.1. The number of para-hydroxylation sites is 2. The summed E-state index contributed by atoms with van der Waals surface area (Å²) in [6, 6.07) is 8.41. The summed E-state index contributed by atoms with van der Waals surface area (Å²) in [6.45, 7) is 4.51. The third-order valence-electron chi connectivity index (χ3n) is 6.26. The van der Waals surface area contributed by atoms with Gasteiger partial charge in [-0.25, -0.2) is 0 Å². The molecule has 158 valence electrons. The lowest BCUT2D eigenvalue weighted by Gasteiger charge is -2.45. The maximum atomic E-state index is 13.9. The largest absolute Gasteiger partial charge is 0.461 e. The van der Waals surface area contributed by atoms with Gasteiger partial charge in [0.05, 0.1) is 24.0 Å². The van der Waals surface area contributed by atoms with Crippen LogP contribution in [-0.2, 0) is 9.53 Å². The zero-order valence-corrected chi connectivity index (χ0v) is 17.2. The number of aliphatic imine (C=N–C) groups is 1. The minimum Gasteiger partial charge on any atom is -0.461 e. The van der Waals surface area contributed by atoms with E-state index in [1.807, 2.05) is 49.1 Å². The number of hydrogen-bond acceptors (Lipinski definition) is 8. The second kappa shape index (κ2) is 6.52. The maximum absolute atomic E-state index is 13.9. The minimum atomic E-state index is -0.697. The molecule has 3 unspecified atom stereocenters. The third kappa shape index (κ3) is 2.59. The van der Waals surface area contributed by atoms with Gasteiger partial charge in [-0.2, -0.15) is 4.98 Å². The van der Waals surface area contributed by atoms with Crippen LogP contribution in [0.1, 0.15) is 37.3 Å². The van der Waals surface area contributed by atoms with Crippen molar-refractivity contribution in [3.05, 3.63) is 48.0 Å². The first-order valence-corrected chi connectivity index (χ1v) is 10.3. The average molecular weight is 419 g/mol. The molecule has 6 rings (SSSR count). The predicted molar refractivity (Wildman–Crippen MR) is 112 cm³/mol. The number of amides is 1. The molecule has 1 aromatic carbocycles. The zero-order valence-electron chi connectivity index (χ0n) is 17.2. The van der Waals surface area contributed by atoms with Crippen molar-refractivity contribution < 1.29 is 18.5 Å². The second-order valence-electron chi connectivity index (χ2n) is 8.24. The van der Waals surface area contributed by atoms with E-state index in [1.165, 1.54) is 0 Å². The van der Waals surface area contributed by atoms with Gasteiger partial charge in [-0.1, -0.05) is 17.3 Å². The van der Waals surface area contributed by atoms with E-state index in [2.05, 4.69) is 15.1 Å². The van der Waals surface area contributed by atoms with Crippen molar-refractivity contribution in [3.63, 3.8) is 0 Å². The first-order valence-electron chi connectivity index (χ1n) is 10.3. The van der Waals surface area contributed by atoms with E-state index in [9.17, 15) is 4.79 Å². The molecule has 1 saturated heterocycles. The molecule has 9 nitrogen and oxygen atoms in total. The van der Waals surface area contributed by atoms with E-state index >= 15 is 0 Å². The number of benzene rings is 1. The monoisotopic (exact) mass is 419 g/mol. The highest BCUT2D eigenvalue weighted by Crippen LogP contribution is 2.47. The molecule has 5 heterocycles. The van der Waals surface area contributed by atoms with Gasteiger partial charge in [0.1, 0.15) is 11.8 Å². The molecule has 3 aliphatic heterocycles. The lowest BCUT2D eigenvalue weighted by molar-refractivity contribution is -0.125. The summed E-state index contributed by atoms with van der Waals surface area (Å²) >= 11 is 0. The SMILES string of the molecule is Cc1ccoc1-c1noc(C2N=CN3c4ccccc4N(C4(C)CCCO4)C(=O)C23)n1. The molecule has 1 amide bonds. The molecule has 0 saturated carbocycles. The Morgan fingerprint density at radius 3 is 2.77 bits per heavy atom. The lowest BCUT2D eigenvalue weighted by Crippen LogP contribution is -2.60. The van der Waals surface area contributed by atoms with Crippen molar-refractivity contribution >= 4 is 23.6 Å². The van der Waals surface area contributed by atoms with Gasteiger partial charge in [-0.15, -0.1) is 0 Å². The van der Waals surface area contributed by atoms with Crippen molar-refractivity contribution in [2.24, 2.45) is 4.99 Å². The number of fused-ring (bicyclic) bond motifs is 3. The zero-order chi connectivity index (χ0) is 21.2. The highest BCUT2D eigenvalue weighted by atomic mass is 16.5. The van der Waals surface area contributed by atoms with Crippen LogP contribution >= 0.6 is 0 Å². The molecule has 2 aromatic heterocycles. The number of nitrogens with zero attached hydrogens (tertiary/aromatic N) is 5. The highest BCUT2D eigenvalue weighted by Gasteiger charge is 2.53. The van der Waals surface area contributed by atoms with Gasteiger partial charge in [0.15, 0.2) is 11.8 Å². The number of furan rings is 1. The van der Waals surface area contributed by atoms with E-state index in [1.54, 1.807) is 17.5 Å². The van der Waals surface area contributed by atoms with Crippen LogP contribution in [0.2, 0.25) is 0 Å². The van der Waals surface area contributed by atoms with Crippen molar-refractivity contribution in [1.29, 1.82) is 0 Å². The van der Waals surface area contributed by atoms with Crippen LogP contribution < -0.4 is 9.80 Å². The molecule has 0 radical (unpaired) electrons. The Bertz CT molecular complexity index is 1190. The molecular formula is C22H21N5O4. The standard InChI is InChI=1S/C22H21N5O4/c1-13-8-11-29-18(13)19-24-20(31-25-19)16-17-21(28)27(22(2)9-5-10-30-22)15-7-4-3-6-14(15)26(17)12-23-16/h3-4,6-8,11-12,16-17H,5,9-10H2,1-2H3. The molecule has 3 aliphatic rings. The van der Waals surface area contributed by atoms with E-state index in [0.29, 0.717) is 18.2 Å². The normalized spacial score (nSPS) is 27.1. The van der Waals surface area contributed by atoms with Gasteiger partial charge in [-0.05, 0) is 50.5 Å². The molecule has 1 fully saturated rings. The van der Waals surface area contributed by atoms with Crippen LogP contribution in [0.25, 0.3) is 11.6 Å². The Morgan fingerprint density at radius 1 is 1.19 bits per heavy atom. The highest BCUT2D eigenvalue weighted by molar-refractivity contribution is 6.12. The van der Waals surface area contributed by atoms with Gasteiger partial charge in [0, 0.05) is 6.61 Å². The van der Waals surface area contributed by atoms with Gasteiger partial charge < -0.3 is 18.6 Å². The van der Waals surface area contributed by atoms with Gasteiger partial charge in [-0.3, -0.25) is 14.7 Å². The Morgan fingerprint density at radius 2 is 2.03 bits per heavy atom. The summed E-state index contributed by atoms with van der Waals surface area (Å²) in [6.07, 6.45) is 4.95. The maximum Gasteiger partial charge on any atom is 0.255 e. The Balaban J connectivity index is 1.42. The van der Waals surface area contributed by atoms with Crippen LogP contribution in [0.15, 0.2) is 50.5 Å². The van der Waals surface area contributed by atoms with Gasteiger partial charge in [0.25, 0.3) is 11.8 Å². The summed E-state index contributed by atoms with van der Waals surface area (Å²) in [7, 11) is 0. The average Bonchev–Trinajstić information content (AvgIpc) is 3.54. The van der Waals surface area contributed by atoms with Crippen LogP contribution in [0, 0.1) is 6.92 Å². The first-order chi connectivity index (χ1) is 15.1. The number of rotatable bonds is 3. The summed E-state index contributed by atoms with van der Waals surface area (Å²) in [5.41, 5.74) is 1.93. The molecular weight excluding hydrogens is 398 g/mol. The van der Waals surface area contributed by atoms with Crippen LogP contribution in [-0.4, -0.2) is 40.8 Å². The van der Waals surface area contributed by atoms with Crippen LogP contribution in [0.4, 0.5) is 11.4 Å². The summed E-state index contributed by atoms with van der Waals surface area (Å²) in [5.74, 6) is 1.07. The first kappa shape index (κ1) is 18.3. The molecule has 3 aromatic rings. The van der Waals surface area contributed by atoms with E-state index < -0.39 is 17.8 Å². The molecule has 0 N–H and O–H groups in total. The molecule has 3 atom stereocenters. The van der Waals surface area contributed by atoms with E-state index in [-0.39, 0.29) is 11.8 Å². The predicted octanol–water partition coefficient (Wildman–Crippen LogP) is 3.47. The van der Waals surface area contributed by atoms with Crippen molar-refractivity contribution in [2.75, 3.05) is 16.4 Å². The number of hydrogen-bond donors (Lipinski definition) is 0. The number of carbonyl (C=O) groups is 1. The van der Waals surface area contributed by atoms with Crippen LogP contribution in [0.5, 0.6) is 0 Å². The molecule has 0 bridgehead atoms. The molecule has 9 heteroatoms. The number of anilines is 2. The Labute approximate surface area is 178 Å². The molecule has 31 heavy (non-hydrogen) atoms. The fourth-order valence-corrected chi connectivity index (χ4v) is 4.71. The quantitative estimate of drug-likeness (QED) is 0.641. The number of aryl methyl sites for hydroxylation is 1.